The Morgan fingerprint density at radius 2 is 1.96 bits per heavy atom. The highest BCUT2D eigenvalue weighted by molar-refractivity contribution is 7.98. The molecule has 1 heterocycles. The monoisotopic (exact) mass is 347 g/mol. The average Bonchev–Trinajstić information content (AvgIpc) is 2.53. The summed E-state index contributed by atoms with van der Waals surface area (Å²) in [7, 11) is 0. The fourth-order valence-corrected chi connectivity index (χ4v) is 3.25. The molecule has 0 radical (unpaired) electrons. The molecule has 128 valence electrons. The molecule has 3 nitrogen and oxygen atoms in total. The molecule has 2 rings (SSSR count). The first-order valence-electron chi connectivity index (χ1n) is 7.42. The SMILES string of the molecule is CSc1ccc(C)c(C(=O)N2CCC(C(O)C(F)(F)F)CC2)c1. The summed E-state index contributed by atoms with van der Waals surface area (Å²) in [5, 5.41) is 9.33. The minimum Gasteiger partial charge on any atom is -0.383 e. The number of hydrogen-bond donors (Lipinski definition) is 1. The molecule has 0 aromatic heterocycles. The Morgan fingerprint density at radius 1 is 1.35 bits per heavy atom. The van der Waals surface area contributed by atoms with Crippen molar-refractivity contribution >= 4 is 17.7 Å². The van der Waals surface area contributed by atoms with E-state index < -0.39 is 18.2 Å². The molecule has 0 spiro atoms. The van der Waals surface area contributed by atoms with Gasteiger partial charge in [-0.25, -0.2) is 0 Å². The van der Waals surface area contributed by atoms with Crippen molar-refractivity contribution in [1.82, 2.24) is 4.90 Å². The number of rotatable bonds is 3. The number of carbonyl (C=O) groups is 1. The van der Waals surface area contributed by atoms with Crippen LogP contribution in [0.2, 0.25) is 0 Å². The van der Waals surface area contributed by atoms with Gasteiger partial charge in [0.15, 0.2) is 6.10 Å². The molecule has 23 heavy (non-hydrogen) atoms. The maximum Gasteiger partial charge on any atom is 0.414 e. The Hall–Kier alpha value is -1.21. The van der Waals surface area contributed by atoms with Gasteiger partial charge < -0.3 is 10.0 Å². The predicted octanol–water partition coefficient (Wildman–Crippen LogP) is 3.49. The molecule has 1 aliphatic heterocycles. The first-order chi connectivity index (χ1) is 10.7. The zero-order valence-corrected chi connectivity index (χ0v) is 13.9. The van der Waals surface area contributed by atoms with Crippen molar-refractivity contribution in [3.63, 3.8) is 0 Å². The van der Waals surface area contributed by atoms with Gasteiger partial charge in [-0.15, -0.1) is 11.8 Å². The number of nitrogens with zero attached hydrogens (tertiary/aromatic N) is 1. The molecule has 1 N–H and O–H groups in total. The number of piperidine rings is 1. The summed E-state index contributed by atoms with van der Waals surface area (Å²) >= 11 is 1.53. The predicted molar refractivity (Wildman–Crippen MR) is 83.6 cm³/mol. The van der Waals surface area contributed by atoms with E-state index in [1.807, 2.05) is 31.4 Å². The van der Waals surface area contributed by atoms with Crippen LogP contribution in [0.4, 0.5) is 13.2 Å². The van der Waals surface area contributed by atoms with Gasteiger partial charge in [0, 0.05) is 23.5 Å². The summed E-state index contributed by atoms with van der Waals surface area (Å²) in [6, 6.07) is 5.63. The summed E-state index contributed by atoms with van der Waals surface area (Å²) < 4.78 is 37.7. The molecule has 1 unspecified atom stereocenters. The fraction of sp³-hybridized carbons (Fsp3) is 0.562. The van der Waals surface area contributed by atoms with Gasteiger partial charge in [0.2, 0.25) is 0 Å². The number of hydrogen-bond acceptors (Lipinski definition) is 3. The molecular formula is C16H20F3NO2S. The first-order valence-corrected chi connectivity index (χ1v) is 8.65. The number of likely N-dealkylation sites (tertiary alicyclic amines) is 1. The number of aliphatic hydroxyl groups excluding tert-OH is 1. The summed E-state index contributed by atoms with van der Waals surface area (Å²) in [5.41, 5.74) is 1.44. The van der Waals surface area contributed by atoms with Gasteiger partial charge in [0.05, 0.1) is 0 Å². The normalized spacial score (nSPS) is 18.1. The number of benzene rings is 1. The first kappa shape index (κ1) is 18.1. The fourth-order valence-electron chi connectivity index (χ4n) is 2.81. The van der Waals surface area contributed by atoms with Crippen LogP contribution in [-0.4, -0.2) is 47.5 Å². The average molecular weight is 347 g/mol. The number of alkyl halides is 3. The smallest absolute Gasteiger partial charge is 0.383 e. The van der Waals surface area contributed by atoms with Crippen molar-refractivity contribution in [3.8, 4) is 0 Å². The summed E-state index contributed by atoms with van der Waals surface area (Å²) in [6.45, 7) is 2.32. The topological polar surface area (TPSA) is 40.5 Å². The summed E-state index contributed by atoms with van der Waals surface area (Å²) in [5.74, 6) is -0.990. The van der Waals surface area contributed by atoms with Crippen molar-refractivity contribution < 1.29 is 23.1 Å². The van der Waals surface area contributed by atoms with Gasteiger partial charge in [-0.2, -0.15) is 13.2 Å². The van der Waals surface area contributed by atoms with Crippen molar-refractivity contribution in [2.45, 2.75) is 36.9 Å². The molecule has 1 amide bonds. The number of halogens is 3. The number of aliphatic hydroxyl groups is 1. The quantitative estimate of drug-likeness (QED) is 0.851. The van der Waals surface area contributed by atoms with E-state index in [2.05, 4.69) is 0 Å². The van der Waals surface area contributed by atoms with E-state index in [9.17, 15) is 23.1 Å². The van der Waals surface area contributed by atoms with Gasteiger partial charge in [0.25, 0.3) is 5.91 Å². The lowest BCUT2D eigenvalue weighted by Crippen LogP contribution is -2.45. The van der Waals surface area contributed by atoms with E-state index in [0.717, 1.165) is 10.5 Å². The highest BCUT2D eigenvalue weighted by atomic mass is 32.2. The number of carbonyl (C=O) groups excluding carboxylic acids is 1. The Balaban J connectivity index is 2.04. The second kappa shape index (κ2) is 7.13. The minimum absolute atomic E-state index is 0.154. The van der Waals surface area contributed by atoms with Gasteiger partial charge in [-0.1, -0.05) is 6.07 Å². The zero-order chi connectivity index (χ0) is 17.2. The van der Waals surface area contributed by atoms with Gasteiger partial charge >= 0.3 is 6.18 Å². The molecule has 1 aromatic carbocycles. The molecular weight excluding hydrogens is 327 g/mol. The highest BCUT2D eigenvalue weighted by Gasteiger charge is 2.44. The standard InChI is InChI=1S/C16H20F3NO2S/c1-10-3-4-12(23-2)9-13(10)15(22)20-7-5-11(6-8-20)14(21)16(17,18)19/h3-4,9,11,14,21H,5-8H2,1-2H3. The molecule has 7 heteroatoms. The third-order valence-electron chi connectivity index (χ3n) is 4.28. The maximum absolute atomic E-state index is 12.6. The second-order valence-electron chi connectivity index (χ2n) is 5.80. The molecule has 1 fully saturated rings. The number of amides is 1. The molecule has 1 aromatic rings. The molecule has 1 aliphatic rings. The number of thioether (sulfide) groups is 1. The summed E-state index contributed by atoms with van der Waals surface area (Å²) in [4.78, 5) is 15.1. The van der Waals surface area contributed by atoms with Gasteiger partial charge in [-0.3, -0.25) is 4.79 Å². The lowest BCUT2D eigenvalue weighted by atomic mass is 9.90. The maximum atomic E-state index is 12.6. The van der Waals surface area contributed by atoms with Crippen LogP contribution in [0.3, 0.4) is 0 Å². The van der Waals surface area contributed by atoms with Crippen LogP contribution < -0.4 is 0 Å². The van der Waals surface area contributed by atoms with E-state index in [4.69, 9.17) is 0 Å². The molecule has 0 saturated carbocycles. The van der Waals surface area contributed by atoms with Crippen LogP contribution in [0.25, 0.3) is 0 Å². The van der Waals surface area contributed by atoms with Crippen LogP contribution in [0.15, 0.2) is 23.1 Å². The lowest BCUT2D eigenvalue weighted by Gasteiger charge is -2.35. The molecule has 0 aliphatic carbocycles. The highest BCUT2D eigenvalue weighted by Crippen LogP contribution is 2.32. The van der Waals surface area contributed by atoms with E-state index in [1.54, 1.807) is 4.90 Å². The lowest BCUT2D eigenvalue weighted by molar-refractivity contribution is -0.222. The largest absolute Gasteiger partial charge is 0.414 e. The van der Waals surface area contributed by atoms with Crippen molar-refractivity contribution in [1.29, 1.82) is 0 Å². The van der Waals surface area contributed by atoms with Crippen LogP contribution in [0, 0.1) is 12.8 Å². The Morgan fingerprint density at radius 3 is 2.48 bits per heavy atom. The van der Waals surface area contributed by atoms with Crippen LogP contribution in [0.1, 0.15) is 28.8 Å². The van der Waals surface area contributed by atoms with E-state index in [0.29, 0.717) is 5.56 Å². The van der Waals surface area contributed by atoms with E-state index in [-0.39, 0.29) is 31.8 Å². The third-order valence-corrected chi connectivity index (χ3v) is 5.01. The second-order valence-corrected chi connectivity index (χ2v) is 6.68. The Labute approximate surface area is 137 Å². The van der Waals surface area contributed by atoms with Crippen molar-refractivity contribution in [2.24, 2.45) is 5.92 Å². The van der Waals surface area contributed by atoms with E-state index in [1.165, 1.54) is 11.8 Å². The Bertz CT molecular complexity index is 569. The summed E-state index contributed by atoms with van der Waals surface area (Å²) in [6.07, 6.45) is -4.66. The molecule has 0 bridgehead atoms. The van der Waals surface area contributed by atoms with Crippen LogP contribution in [0.5, 0.6) is 0 Å². The van der Waals surface area contributed by atoms with E-state index >= 15 is 0 Å². The zero-order valence-electron chi connectivity index (χ0n) is 13.1. The molecule has 1 atom stereocenters. The minimum atomic E-state index is -4.60. The van der Waals surface area contributed by atoms with Crippen molar-refractivity contribution in [3.05, 3.63) is 29.3 Å². The Kier molecular flexibility index (Phi) is 5.62. The van der Waals surface area contributed by atoms with Crippen LogP contribution >= 0.6 is 11.8 Å². The van der Waals surface area contributed by atoms with Crippen LogP contribution in [-0.2, 0) is 0 Å². The van der Waals surface area contributed by atoms with Crippen molar-refractivity contribution in [2.75, 3.05) is 19.3 Å². The van der Waals surface area contributed by atoms with Gasteiger partial charge in [0.1, 0.15) is 0 Å². The molecule has 1 saturated heterocycles. The van der Waals surface area contributed by atoms with Gasteiger partial charge in [-0.05, 0) is 49.6 Å². The third kappa shape index (κ3) is 4.20. The number of aryl methyl sites for hydroxylation is 1.